The molecular weight excluding hydrogens is 253 g/mol. The lowest BCUT2D eigenvalue weighted by molar-refractivity contribution is 0.0869. The van der Waals surface area contributed by atoms with Gasteiger partial charge in [-0.3, -0.25) is 4.90 Å². The lowest BCUT2D eigenvalue weighted by Crippen LogP contribution is -2.36. The number of likely N-dealkylation sites (tertiary alicyclic amines) is 1. The smallest absolute Gasteiger partial charge is 0.129 e. The molecule has 1 aliphatic rings. The van der Waals surface area contributed by atoms with Crippen LogP contribution in [0.25, 0.3) is 0 Å². The Balaban J connectivity index is 2.00. The topological polar surface area (TPSA) is 12.5 Å². The summed E-state index contributed by atoms with van der Waals surface area (Å²) in [6.45, 7) is 3.33. The van der Waals surface area contributed by atoms with Gasteiger partial charge >= 0.3 is 0 Å². The number of methoxy groups -OCH3 is 1. The van der Waals surface area contributed by atoms with Gasteiger partial charge in [-0.1, -0.05) is 17.7 Å². The third-order valence-electron chi connectivity index (χ3n) is 3.45. The van der Waals surface area contributed by atoms with E-state index >= 15 is 0 Å². The number of hydrogen-bond acceptors (Lipinski definition) is 2. The van der Waals surface area contributed by atoms with Crippen LogP contribution in [0.15, 0.2) is 18.2 Å². The van der Waals surface area contributed by atoms with E-state index in [2.05, 4.69) is 4.90 Å². The molecule has 0 N–H and O–H groups in total. The van der Waals surface area contributed by atoms with Gasteiger partial charge < -0.3 is 4.74 Å². The first-order valence-electron chi connectivity index (χ1n) is 6.35. The van der Waals surface area contributed by atoms with Gasteiger partial charge in [0.05, 0.1) is 6.61 Å². The van der Waals surface area contributed by atoms with Crippen LogP contribution in [-0.2, 0) is 11.3 Å². The van der Waals surface area contributed by atoms with Crippen LogP contribution in [0.2, 0.25) is 5.02 Å². The maximum Gasteiger partial charge on any atom is 0.129 e. The molecule has 4 heteroatoms. The van der Waals surface area contributed by atoms with Gasteiger partial charge in [-0.15, -0.1) is 0 Å². The fourth-order valence-electron chi connectivity index (χ4n) is 2.57. The fourth-order valence-corrected chi connectivity index (χ4v) is 2.80. The van der Waals surface area contributed by atoms with E-state index in [1.807, 2.05) is 0 Å². The molecule has 0 amide bonds. The first-order chi connectivity index (χ1) is 8.70. The maximum absolute atomic E-state index is 13.7. The Morgan fingerprint density at radius 3 is 3.06 bits per heavy atom. The van der Waals surface area contributed by atoms with Crippen LogP contribution in [0.5, 0.6) is 0 Å². The molecule has 100 valence electrons. The predicted molar refractivity (Wildman–Crippen MR) is 71.3 cm³/mol. The highest BCUT2D eigenvalue weighted by atomic mass is 35.5. The molecule has 1 aromatic carbocycles. The zero-order valence-electron chi connectivity index (χ0n) is 10.7. The number of hydrogen-bond donors (Lipinski definition) is 0. The molecule has 1 atom stereocenters. The van der Waals surface area contributed by atoms with Crippen molar-refractivity contribution in [2.24, 2.45) is 5.92 Å². The predicted octanol–water partition coefficient (Wildman–Crippen LogP) is 3.34. The zero-order chi connectivity index (χ0) is 13.0. The molecule has 1 fully saturated rings. The van der Waals surface area contributed by atoms with Crippen molar-refractivity contribution in [3.05, 3.63) is 34.6 Å². The molecular formula is C14H19ClFNO. The average Bonchev–Trinajstić information content (AvgIpc) is 2.35. The second-order valence-electron chi connectivity index (χ2n) is 4.90. The van der Waals surface area contributed by atoms with Crippen molar-refractivity contribution < 1.29 is 9.13 Å². The third kappa shape index (κ3) is 3.44. The van der Waals surface area contributed by atoms with E-state index in [1.54, 1.807) is 19.2 Å². The van der Waals surface area contributed by atoms with Gasteiger partial charge in [0, 0.05) is 30.8 Å². The highest BCUT2D eigenvalue weighted by Gasteiger charge is 2.21. The van der Waals surface area contributed by atoms with E-state index in [9.17, 15) is 4.39 Å². The van der Waals surface area contributed by atoms with Gasteiger partial charge in [-0.2, -0.15) is 0 Å². The zero-order valence-corrected chi connectivity index (χ0v) is 11.4. The molecule has 1 saturated heterocycles. The third-order valence-corrected chi connectivity index (χ3v) is 3.80. The summed E-state index contributed by atoms with van der Waals surface area (Å²) in [4.78, 5) is 2.26. The van der Waals surface area contributed by atoms with Crippen LogP contribution < -0.4 is 0 Å². The van der Waals surface area contributed by atoms with Crippen molar-refractivity contribution in [2.75, 3.05) is 26.8 Å². The van der Waals surface area contributed by atoms with Crippen LogP contribution in [0.1, 0.15) is 18.4 Å². The van der Waals surface area contributed by atoms with Gasteiger partial charge in [0.1, 0.15) is 5.82 Å². The summed E-state index contributed by atoms with van der Waals surface area (Å²) >= 11 is 6.05. The van der Waals surface area contributed by atoms with Crippen molar-refractivity contribution in [3.8, 4) is 0 Å². The van der Waals surface area contributed by atoms with Crippen LogP contribution in [0, 0.1) is 11.7 Å². The number of ether oxygens (including phenoxy) is 1. The summed E-state index contributed by atoms with van der Waals surface area (Å²) in [6.07, 6.45) is 2.33. The lowest BCUT2D eigenvalue weighted by atomic mass is 9.98. The molecule has 1 heterocycles. The Morgan fingerprint density at radius 1 is 1.50 bits per heavy atom. The fraction of sp³-hybridized carbons (Fsp3) is 0.571. The molecule has 18 heavy (non-hydrogen) atoms. The van der Waals surface area contributed by atoms with E-state index in [4.69, 9.17) is 16.3 Å². The highest BCUT2D eigenvalue weighted by Crippen LogP contribution is 2.24. The van der Waals surface area contributed by atoms with Crippen molar-refractivity contribution >= 4 is 11.6 Å². The SMILES string of the molecule is COC[C@H]1CCCN(Cc2c(F)cccc2Cl)C1. The Hall–Kier alpha value is -0.640. The van der Waals surface area contributed by atoms with Crippen LogP contribution >= 0.6 is 11.6 Å². The van der Waals surface area contributed by atoms with E-state index in [0.717, 1.165) is 26.1 Å². The minimum atomic E-state index is -0.212. The highest BCUT2D eigenvalue weighted by molar-refractivity contribution is 6.31. The van der Waals surface area contributed by atoms with Crippen LogP contribution in [0.4, 0.5) is 4.39 Å². The standard InChI is InChI=1S/C14H19ClFNO/c1-18-10-11-4-3-7-17(8-11)9-12-13(15)5-2-6-14(12)16/h2,5-6,11H,3-4,7-10H2,1H3/t11-/m0/s1. The Morgan fingerprint density at radius 2 is 2.33 bits per heavy atom. The van der Waals surface area contributed by atoms with Crippen LogP contribution in [-0.4, -0.2) is 31.7 Å². The van der Waals surface area contributed by atoms with Gasteiger partial charge in [-0.25, -0.2) is 4.39 Å². The Kier molecular flexibility index (Phi) is 4.98. The first-order valence-corrected chi connectivity index (χ1v) is 6.72. The summed E-state index contributed by atoms with van der Waals surface area (Å²) in [5, 5.41) is 0.517. The molecule has 1 aromatic rings. The molecule has 0 aromatic heterocycles. The summed E-state index contributed by atoms with van der Waals surface area (Å²) in [5.74, 6) is 0.339. The molecule has 2 nitrogen and oxygen atoms in total. The quantitative estimate of drug-likeness (QED) is 0.833. The molecule has 0 spiro atoms. The lowest BCUT2D eigenvalue weighted by Gasteiger charge is -2.32. The van der Waals surface area contributed by atoms with Crippen LogP contribution in [0.3, 0.4) is 0 Å². The average molecular weight is 272 g/mol. The molecule has 0 radical (unpaired) electrons. The molecule has 0 saturated carbocycles. The number of halogens is 2. The molecule has 0 bridgehead atoms. The summed E-state index contributed by atoms with van der Waals surface area (Å²) < 4.78 is 18.9. The summed E-state index contributed by atoms with van der Waals surface area (Å²) in [7, 11) is 1.73. The number of nitrogens with zero attached hydrogens (tertiary/aromatic N) is 1. The largest absolute Gasteiger partial charge is 0.384 e. The number of benzene rings is 1. The first kappa shape index (κ1) is 13.8. The van der Waals surface area contributed by atoms with Crippen molar-refractivity contribution in [1.29, 1.82) is 0 Å². The minimum Gasteiger partial charge on any atom is -0.384 e. The van der Waals surface area contributed by atoms with Gasteiger partial charge in [-0.05, 0) is 37.4 Å². The van der Waals surface area contributed by atoms with Gasteiger partial charge in [0.2, 0.25) is 0 Å². The molecule has 1 aliphatic heterocycles. The second-order valence-corrected chi connectivity index (χ2v) is 5.31. The van der Waals surface area contributed by atoms with Crippen molar-refractivity contribution in [3.63, 3.8) is 0 Å². The van der Waals surface area contributed by atoms with E-state index in [1.165, 1.54) is 12.5 Å². The number of rotatable bonds is 4. The maximum atomic E-state index is 13.7. The molecule has 2 rings (SSSR count). The normalized spacial score (nSPS) is 21.2. The number of piperidine rings is 1. The monoisotopic (exact) mass is 271 g/mol. The Labute approximate surface area is 113 Å². The molecule has 0 aliphatic carbocycles. The minimum absolute atomic E-state index is 0.212. The summed E-state index contributed by atoms with van der Waals surface area (Å²) in [5.41, 5.74) is 0.609. The van der Waals surface area contributed by atoms with E-state index in [-0.39, 0.29) is 5.82 Å². The van der Waals surface area contributed by atoms with Gasteiger partial charge in [0.25, 0.3) is 0 Å². The van der Waals surface area contributed by atoms with Crippen molar-refractivity contribution in [1.82, 2.24) is 4.90 Å². The van der Waals surface area contributed by atoms with Gasteiger partial charge in [0.15, 0.2) is 0 Å². The summed E-state index contributed by atoms with van der Waals surface area (Å²) in [6, 6.07) is 4.86. The Bertz CT molecular complexity index is 377. The molecule has 0 unspecified atom stereocenters. The van der Waals surface area contributed by atoms with E-state index in [0.29, 0.717) is 23.0 Å². The van der Waals surface area contributed by atoms with Crippen molar-refractivity contribution in [2.45, 2.75) is 19.4 Å². The van der Waals surface area contributed by atoms with E-state index < -0.39 is 0 Å². The second kappa shape index (κ2) is 6.50.